The van der Waals surface area contributed by atoms with Crippen LogP contribution in [0.15, 0.2) is 53.0 Å². The lowest BCUT2D eigenvalue weighted by Gasteiger charge is -2.11. The van der Waals surface area contributed by atoms with E-state index in [9.17, 15) is 4.79 Å². The summed E-state index contributed by atoms with van der Waals surface area (Å²) < 4.78 is 1.05. The lowest BCUT2D eigenvalue weighted by atomic mass is 10.1. The number of para-hydroxylation sites is 1. The van der Waals surface area contributed by atoms with Crippen LogP contribution in [0.3, 0.4) is 0 Å². The van der Waals surface area contributed by atoms with Crippen LogP contribution in [0.4, 0.5) is 5.69 Å². The summed E-state index contributed by atoms with van der Waals surface area (Å²) in [4.78, 5) is 12.2. The largest absolute Gasteiger partial charge is 0.326 e. The van der Waals surface area contributed by atoms with E-state index in [1.807, 2.05) is 48.5 Å². The summed E-state index contributed by atoms with van der Waals surface area (Å²) in [5, 5.41) is 6.30. The summed E-state index contributed by atoms with van der Waals surface area (Å²) in [7, 11) is 0. The first-order valence-electron chi connectivity index (χ1n) is 7.52. The van der Waals surface area contributed by atoms with Gasteiger partial charge in [-0.1, -0.05) is 59.3 Å². The van der Waals surface area contributed by atoms with E-state index in [2.05, 4.69) is 33.5 Å². The maximum absolute atomic E-state index is 12.2. The van der Waals surface area contributed by atoms with Gasteiger partial charge in [-0.25, -0.2) is 0 Å². The molecule has 1 amide bonds. The highest BCUT2D eigenvalue weighted by Gasteiger charge is 2.07. The van der Waals surface area contributed by atoms with E-state index >= 15 is 0 Å². The number of hydrogen-bond acceptors (Lipinski definition) is 2. The lowest BCUT2D eigenvalue weighted by Crippen LogP contribution is -2.17. The van der Waals surface area contributed by atoms with Crippen molar-refractivity contribution < 1.29 is 4.79 Å². The van der Waals surface area contributed by atoms with Crippen LogP contribution in [0.1, 0.15) is 24.5 Å². The summed E-state index contributed by atoms with van der Waals surface area (Å²) in [5.74, 6) is 0.0414. The SMILES string of the molecule is CCNCc1ccccc1NC(=O)CCc1ccccc1Br. The second-order valence-electron chi connectivity index (χ2n) is 5.08. The molecular weight excluding hydrogens is 340 g/mol. The van der Waals surface area contributed by atoms with Crippen molar-refractivity contribution in [2.24, 2.45) is 0 Å². The maximum Gasteiger partial charge on any atom is 0.224 e. The second-order valence-corrected chi connectivity index (χ2v) is 5.93. The zero-order chi connectivity index (χ0) is 15.8. The van der Waals surface area contributed by atoms with E-state index in [0.717, 1.165) is 40.8 Å². The summed E-state index contributed by atoms with van der Waals surface area (Å²) >= 11 is 3.51. The minimum absolute atomic E-state index is 0.0414. The minimum atomic E-state index is 0.0414. The molecule has 2 aromatic rings. The van der Waals surface area contributed by atoms with Gasteiger partial charge < -0.3 is 10.6 Å². The van der Waals surface area contributed by atoms with Crippen LogP contribution in [0.2, 0.25) is 0 Å². The maximum atomic E-state index is 12.2. The Balaban J connectivity index is 1.93. The number of halogens is 1. The van der Waals surface area contributed by atoms with Crippen LogP contribution in [-0.2, 0) is 17.8 Å². The van der Waals surface area contributed by atoms with E-state index in [4.69, 9.17) is 0 Å². The van der Waals surface area contributed by atoms with Crippen LogP contribution in [-0.4, -0.2) is 12.5 Å². The first-order valence-corrected chi connectivity index (χ1v) is 8.32. The highest BCUT2D eigenvalue weighted by molar-refractivity contribution is 9.10. The molecule has 4 heteroatoms. The van der Waals surface area contributed by atoms with Crippen LogP contribution < -0.4 is 10.6 Å². The number of nitrogens with one attached hydrogen (secondary N) is 2. The molecule has 0 aliphatic heterocycles. The first kappa shape index (κ1) is 16.7. The van der Waals surface area contributed by atoms with E-state index in [1.165, 1.54) is 0 Å². The third kappa shape index (κ3) is 4.97. The highest BCUT2D eigenvalue weighted by atomic mass is 79.9. The van der Waals surface area contributed by atoms with Crippen molar-refractivity contribution in [2.45, 2.75) is 26.3 Å². The fourth-order valence-electron chi connectivity index (χ4n) is 2.22. The quantitative estimate of drug-likeness (QED) is 0.779. The number of aryl methyl sites for hydroxylation is 1. The Morgan fingerprint density at radius 3 is 2.45 bits per heavy atom. The Morgan fingerprint density at radius 1 is 1.05 bits per heavy atom. The Hall–Kier alpha value is -1.65. The molecule has 2 aromatic carbocycles. The van der Waals surface area contributed by atoms with Crippen molar-refractivity contribution in [1.29, 1.82) is 0 Å². The molecule has 3 nitrogen and oxygen atoms in total. The molecule has 0 saturated heterocycles. The fraction of sp³-hybridized carbons (Fsp3) is 0.278. The molecule has 0 spiro atoms. The minimum Gasteiger partial charge on any atom is -0.326 e. The second kappa shape index (κ2) is 8.71. The zero-order valence-electron chi connectivity index (χ0n) is 12.7. The van der Waals surface area contributed by atoms with Gasteiger partial charge in [-0.05, 0) is 36.2 Å². The zero-order valence-corrected chi connectivity index (χ0v) is 14.3. The Labute approximate surface area is 140 Å². The van der Waals surface area contributed by atoms with E-state index in [-0.39, 0.29) is 5.91 Å². The topological polar surface area (TPSA) is 41.1 Å². The van der Waals surface area contributed by atoms with Crippen LogP contribution in [0.5, 0.6) is 0 Å². The molecule has 0 fully saturated rings. The third-order valence-corrected chi connectivity index (χ3v) is 4.21. The van der Waals surface area contributed by atoms with Crippen molar-refractivity contribution in [3.63, 3.8) is 0 Å². The van der Waals surface area contributed by atoms with Gasteiger partial charge in [0.2, 0.25) is 5.91 Å². The van der Waals surface area contributed by atoms with Gasteiger partial charge in [0.1, 0.15) is 0 Å². The summed E-state index contributed by atoms with van der Waals surface area (Å²) in [6.45, 7) is 3.74. The number of benzene rings is 2. The summed E-state index contributed by atoms with van der Waals surface area (Å²) in [6, 6.07) is 15.9. The molecule has 0 bridgehead atoms. The van der Waals surface area contributed by atoms with Gasteiger partial charge in [0, 0.05) is 23.1 Å². The summed E-state index contributed by atoms with van der Waals surface area (Å²) in [5.41, 5.74) is 3.15. The van der Waals surface area contributed by atoms with Crippen LogP contribution in [0.25, 0.3) is 0 Å². The Morgan fingerprint density at radius 2 is 1.73 bits per heavy atom. The number of amides is 1. The molecule has 0 aliphatic carbocycles. The number of rotatable bonds is 7. The monoisotopic (exact) mass is 360 g/mol. The van der Waals surface area contributed by atoms with Gasteiger partial charge in [0.15, 0.2) is 0 Å². The molecule has 22 heavy (non-hydrogen) atoms. The molecule has 0 unspecified atom stereocenters. The molecule has 116 valence electrons. The average molecular weight is 361 g/mol. The highest BCUT2D eigenvalue weighted by Crippen LogP contribution is 2.19. The Bertz CT molecular complexity index is 628. The van der Waals surface area contributed by atoms with E-state index in [0.29, 0.717) is 6.42 Å². The van der Waals surface area contributed by atoms with Gasteiger partial charge in [0.05, 0.1) is 0 Å². The molecule has 2 rings (SSSR count). The smallest absolute Gasteiger partial charge is 0.224 e. The molecule has 0 atom stereocenters. The van der Waals surface area contributed by atoms with Crippen molar-refractivity contribution in [1.82, 2.24) is 5.32 Å². The lowest BCUT2D eigenvalue weighted by molar-refractivity contribution is -0.116. The van der Waals surface area contributed by atoms with Gasteiger partial charge in [-0.15, -0.1) is 0 Å². The normalized spacial score (nSPS) is 10.5. The Kier molecular flexibility index (Phi) is 6.62. The molecule has 0 radical (unpaired) electrons. The summed E-state index contributed by atoms with van der Waals surface area (Å²) in [6.07, 6.45) is 1.20. The van der Waals surface area contributed by atoms with Crippen molar-refractivity contribution in [3.05, 3.63) is 64.1 Å². The molecule has 2 N–H and O–H groups in total. The van der Waals surface area contributed by atoms with E-state index < -0.39 is 0 Å². The molecule has 0 aliphatic rings. The van der Waals surface area contributed by atoms with Crippen molar-refractivity contribution in [2.75, 3.05) is 11.9 Å². The van der Waals surface area contributed by atoms with Crippen LogP contribution >= 0.6 is 15.9 Å². The van der Waals surface area contributed by atoms with Gasteiger partial charge in [0.25, 0.3) is 0 Å². The molecule has 0 saturated carbocycles. The van der Waals surface area contributed by atoms with Gasteiger partial charge in [-0.2, -0.15) is 0 Å². The molecule has 0 aromatic heterocycles. The molecular formula is C18H21BrN2O. The average Bonchev–Trinajstić information content (AvgIpc) is 2.53. The number of hydrogen-bond donors (Lipinski definition) is 2. The third-order valence-electron chi connectivity index (χ3n) is 3.44. The number of anilines is 1. The number of carbonyl (C=O) groups is 1. The van der Waals surface area contributed by atoms with Crippen LogP contribution in [0, 0.1) is 0 Å². The standard InChI is InChI=1S/C18H21BrN2O/c1-2-20-13-15-8-4-6-10-17(15)21-18(22)12-11-14-7-3-5-9-16(14)19/h3-10,20H,2,11-13H2,1H3,(H,21,22). The fourth-order valence-corrected chi connectivity index (χ4v) is 2.70. The van der Waals surface area contributed by atoms with Crippen molar-refractivity contribution in [3.8, 4) is 0 Å². The van der Waals surface area contributed by atoms with E-state index in [1.54, 1.807) is 0 Å². The van der Waals surface area contributed by atoms with Crippen molar-refractivity contribution >= 4 is 27.5 Å². The predicted molar refractivity (Wildman–Crippen MR) is 94.9 cm³/mol. The van der Waals surface area contributed by atoms with Gasteiger partial charge in [-0.3, -0.25) is 4.79 Å². The number of carbonyl (C=O) groups excluding carboxylic acids is 1. The molecule has 0 heterocycles. The first-order chi connectivity index (χ1) is 10.7. The predicted octanol–water partition coefficient (Wildman–Crippen LogP) is 4.13. The van der Waals surface area contributed by atoms with Gasteiger partial charge >= 0.3 is 0 Å².